The Labute approximate surface area is 212 Å². The van der Waals surface area contributed by atoms with E-state index in [-0.39, 0.29) is 12.0 Å². The van der Waals surface area contributed by atoms with E-state index in [1.807, 2.05) is 23.9 Å². The van der Waals surface area contributed by atoms with E-state index < -0.39 is 0 Å². The van der Waals surface area contributed by atoms with Gasteiger partial charge in [-0.15, -0.1) is 0 Å². The lowest BCUT2D eigenvalue weighted by atomic mass is 9.86. The van der Waals surface area contributed by atoms with Crippen LogP contribution in [-0.4, -0.2) is 88.4 Å². The van der Waals surface area contributed by atoms with Gasteiger partial charge in [0.15, 0.2) is 5.82 Å². The number of ether oxygens (including phenoxy) is 2. The number of aryl methyl sites for hydroxylation is 1. The Morgan fingerprint density at radius 2 is 1.86 bits per heavy atom. The first-order chi connectivity index (χ1) is 17.5. The number of rotatable bonds is 6. The summed E-state index contributed by atoms with van der Waals surface area (Å²) in [6.07, 6.45) is 5.09. The minimum Gasteiger partial charge on any atom is -0.467 e. The highest BCUT2D eigenvalue weighted by molar-refractivity contribution is 5.82. The molecule has 2 aromatic heterocycles. The zero-order valence-corrected chi connectivity index (χ0v) is 21.4. The van der Waals surface area contributed by atoms with Crippen LogP contribution in [0.4, 0.5) is 5.82 Å². The molecule has 3 saturated heterocycles. The van der Waals surface area contributed by atoms with Gasteiger partial charge < -0.3 is 19.5 Å². The van der Waals surface area contributed by atoms with Crippen molar-refractivity contribution in [1.82, 2.24) is 24.6 Å². The molecule has 0 radical (unpaired) electrons. The van der Waals surface area contributed by atoms with Crippen molar-refractivity contribution < 1.29 is 14.6 Å². The summed E-state index contributed by atoms with van der Waals surface area (Å²) < 4.78 is 13.0. The van der Waals surface area contributed by atoms with Crippen LogP contribution in [0.1, 0.15) is 43.2 Å². The molecule has 3 aliphatic rings. The highest BCUT2D eigenvalue weighted by Crippen LogP contribution is 2.35. The molecule has 9 heteroatoms. The molecule has 3 aromatic rings. The molecule has 0 spiro atoms. The van der Waals surface area contributed by atoms with E-state index in [0.717, 1.165) is 62.5 Å². The van der Waals surface area contributed by atoms with E-state index in [0.29, 0.717) is 23.8 Å². The second-order valence-corrected chi connectivity index (χ2v) is 10.6. The Kier molecular flexibility index (Phi) is 6.31. The highest BCUT2D eigenvalue weighted by Gasteiger charge is 2.32. The maximum Gasteiger partial charge on any atom is 0.320 e. The van der Waals surface area contributed by atoms with Crippen LogP contribution >= 0.6 is 0 Å². The van der Waals surface area contributed by atoms with E-state index in [9.17, 15) is 5.11 Å². The Morgan fingerprint density at radius 1 is 1.08 bits per heavy atom. The summed E-state index contributed by atoms with van der Waals surface area (Å²) in [5.41, 5.74) is 3.80. The predicted molar refractivity (Wildman–Crippen MR) is 138 cm³/mol. The van der Waals surface area contributed by atoms with Crippen molar-refractivity contribution >= 4 is 16.7 Å². The van der Waals surface area contributed by atoms with Gasteiger partial charge in [0, 0.05) is 43.1 Å². The van der Waals surface area contributed by atoms with Gasteiger partial charge in [-0.2, -0.15) is 15.1 Å². The number of likely N-dealkylation sites (tertiary alicyclic amines) is 1. The molecular formula is C27H36N6O3. The van der Waals surface area contributed by atoms with E-state index in [4.69, 9.17) is 14.6 Å². The first-order valence-electron chi connectivity index (χ1n) is 13.2. The lowest BCUT2D eigenvalue weighted by Crippen LogP contribution is -2.51. The Morgan fingerprint density at radius 3 is 2.56 bits per heavy atom. The molecule has 1 aromatic carbocycles. The fraction of sp³-hybridized carbons (Fsp3) is 0.593. The first kappa shape index (κ1) is 23.6. The fourth-order valence-electron chi connectivity index (χ4n) is 5.98. The number of fused-ring (bicyclic) bond motifs is 1. The fourth-order valence-corrected chi connectivity index (χ4v) is 5.98. The molecule has 2 atom stereocenters. The van der Waals surface area contributed by atoms with Crippen molar-refractivity contribution in [1.29, 1.82) is 0 Å². The Balaban J connectivity index is 1.28. The van der Waals surface area contributed by atoms with Gasteiger partial charge in [0.1, 0.15) is 5.82 Å². The number of aliphatic hydroxyl groups excluding tert-OH is 1. The quantitative estimate of drug-likeness (QED) is 0.562. The average molecular weight is 493 g/mol. The van der Waals surface area contributed by atoms with Crippen molar-refractivity contribution in [3.8, 4) is 11.8 Å². The topological polar surface area (TPSA) is 88.8 Å². The zero-order valence-electron chi connectivity index (χ0n) is 21.4. The summed E-state index contributed by atoms with van der Waals surface area (Å²) in [4.78, 5) is 14.0. The van der Waals surface area contributed by atoms with Gasteiger partial charge in [0.2, 0.25) is 0 Å². The summed E-state index contributed by atoms with van der Waals surface area (Å²) in [7, 11) is 1.59. The lowest BCUT2D eigenvalue weighted by Gasteiger charge is -2.41. The molecular weight excluding hydrogens is 456 g/mol. The molecule has 36 heavy (non-hydrogen) atoms. The normalized spacial score (nSPS) is 22.8. The Bertz CT molecular complexity index is 1220. The van der Waals surface area contributed by atoms with Crippen LogP contribution in [0.3, 0.4) is 0 Å². The molecule has 6 rings (SSSR count). The van der Waals surface area contributed by atoms with Gasteiger partial charge in [0.05, 0.1) is 31.5 Å². The van der Waals surface area contributed by atoms with Crippen molar-refractivity contribution in [2.75, 3.05) is 51.4 Å². The number of anilines is 1. The number of hydrogen-bond donors (Lipinski definition) is 1. The molecule has 0 saturated carbocycles. The molecule has 9 nitrogen and oxygen atoms in total. The number of methoxy groups -OCH3 is 1. The first-order valence-corrected chi connectivity index (χ1v) is 13.2. The standard InChI is InChI=1S/C27H36N6O3/c1-17-10-20-13-28-33(26-12-25(29-27(30-26)35-3)32-14-21(15-32)18(2)34)24(20)11-23(17)19-4-7-31(8-5-19)22-6-9-36-16-22/h10-13,18-19,21-22,34H,4-9,14-16H2,1-3H3. The summed E-state index contributed by atoms with van der Waals surface area (Å²) >= 11 is 0. The highest BCUT2D eigenvalue weighted by atomic mass is 16.5. The predicted octanol–water partition coefficient (Wildman–Crippen LogP) is 2.92. The third-order valence-electron chi connectivity index (χ3n) is 8.34. The van der Waals surface area contributed by atoms with E-state index >= 15 is 0 Å². The van der Waals surface area contributed by atoms with Gasteiger partial charge >= 0.3 is 6.01 Å². The average Bonchev–Trinajstić information content (AvgIpc) is 3.52. The zero-order chi connectivity index (χ0) is 24.8. The summed E-state index contributed by atoms with van der Waals surface area (Å²) in [5, 5.41) is 15.7. The number of nitrogens with zero attached hydrogens (tertiary/aromatic N) is 6. The van der Waals surface area contributed by atoms with E-state index in [1.165, 1.54) is 24.0 Å². The third-order valence-corrected chi connectivity index (χ3v) is 8.34. The molecule has 0 amide bonds. The summed E-state index contributed by atoms with van der Waals surface area (Å²) in [6.45, 7) is 9.65. The lowest BCUT2D eigenvalue weighted by molar-refractivity contribution is 0.107. The maximum atomic E-state index is 9.88. The van der Waals surface area contributed by atoms with Crippen LogP contribution in [-0.2, 0) is 4.74 Å². The van der Waals surface area contributed by atoms with Crippen molar-refractivity contribution in [2.24, 2.45) is 5.92 Å². The third kappa shape index (κ3) is 4.33. The molecule has 192 valence electrons. The van der Waals surface area contributed by atoms with Crippen molar-refractivity contribution in [3.05, 3.63) is 35.5 Å². The van der Waals surface area contributed by atoms with Gasteiger partial charge in [0.25, 0.3) is 0 Å². The molecule has 3 fully saturated rings. The van der Waals surface area contributed by atoms with E-state index in [1.54, 1.807) is 7.11 Å². The number of aromatic nitrogens is 4. The van der Waals surface area contributed by atoms with Crippen LogP contribution < -0.4 is 9.64 Å². The van der Waals surface area contributed by atoms with Crippen LogP contribution in [0.15, 0.2) is 24.4 Å². The van der Waals surface area contributed by atoms with Crippen molar-refractivity contribution in [3.63, 3.8) is 0 Å². The van der Waals surface area contributed by atoms with Crippen LogP contribution in [0.5, 0.6) is 6.01 Å². The molecule has 5 heterocycles. The summed E-state index contributed by atoms with van der Waals surface area (Å²) in [5.74, 6) is 2.30. The van der Waals surface area contributed by atoms with Gasteiger partial charge in [-0.05, 0) is 75.4 Å². The monoisotopic (exact) mass is 492 g/mol. The SMILES string of the molecule is COc1nc(N2CC(C(C)O)C2)cc(-n2ncc3cc(C)c(C4CCN(C5CCOC5)CC4)cc32)n1. The maximum absolute atomic E-state index is 9.88. The smallest absolute Gasteiger partial charge is 0.320 e. The number of benzene rings is 1. The number of aliphatic hydroxyl groups is 1. The van der Waals surface area contributed by atoms with Gasteiger partial charge in [-0.25, -0.2) is 4.68 Å². The minimum absolute atomic E-state index is 0.262. The second-order valence-electron chi connectivity index (χ2n) is 10.6. The van der Waals surface area contributed by atoms with Gasteiger partial charge in [-0.1, -0.05) is 0 Å². The van der Waals surface area contributed by atoms with Crippen LogP contribution in [0.2, 0.25) is 0 Å². The van der Waals surface area contributed by atoms with E-state index in [2.05, 4.69) is 38.8 Å². The molecule has 1 N–H and O–H groups in total. The van der Waals surface area contributed by atoms with Crippen LogP contribution in [0, 0.1) is 12.8 Å². The molecule has 2 unspecified atom stereocenters. The van der Waals surface area contributed by atoms with Gasteiger partial charge in [-0.3, -0.25) is 4.90 Å². The molecule has 0 aliphatic carbocycles. The number of piperidine rings is 1. The number of hydrogen-bond acceptors (Lipinski definition) is 8. The Hall–Kier alpha value is -2.75. The largest absolute Gasteiger partial charge is 0.467 e. The minimum atomic E-state index is -0.320. The molecule has 3 aliphatic heterocycles. The van der Waals surface area contributed by atoms with Crippen LogP contribution in [0.25, 0.3) is 16.7 Å². The summed E-state index contributed by atoms with van der Waals surface area (Å²) in [6, 6.07) is 7.46. The molecule has 0 bridgehead atoms. The van der Waals surface area contributed by atoms with Crippen molar-refractivity contribution in [2.45, 2.75) is 51.2 Å². The second kappa shape index (κ2) is 9.61.